The van der Waals surface area contributed by atoms with E-state index in [9.17, 15) is 14.0 Å². The van der Waals surface area contributed by atoms with E-state index in [0.717, 1.165) is 6.08 Å². The van der Waals surface area contributed by atoms with Gasteiger partial charge in [0.1, 0.15) is 5.82 Å². The number of nitrogens with one attached hydrogen (secondary N) is 2. The van der Waals surface area contributed by atoms with Crippen LogP contribution in [-0.4, -0.2) is 23.2 Å². The highest BCUT2D eigenvalue weighted by Crippen LogP contribution is 2.07. The minimum atomic E-state index is -0.672. The highest BCUT2D eigenvalue weighted by atomic mass is 19.1. The molecule has 0 heterocycles. The number of hydrogen-bond donors (Lipinski definition) is 3. The minimum Gasteiger partial charge on any atom is -0.288 e. The zero-order valence-corrected chi connectivity index (χ0v) is 12.4. The third-order valence-electron chi connectivity index (χ3n) is 2.94. The van der Waals surface area contributed by atoms with Gasteiger partial charge < -0.3 is 0 Å². The first-order chi connectivity index (χ1) is 11.6. The molecule has 2 aromatic carbocycles. The van der Waals surface area contributed by atoms with Crippen LogP contribution in [0.3, 0.4) is 0 Å². The first-order valence-corrected chi connectivity index (χ1v) is 6.89. The zero-order valence-electron chi connectivity index (χ0n) is 12.4. The van der Waals surface area contributed by atoms with E-state index in [4.69, 9.17) is 5.21 Å². The fourth-order valence-corrected chi connectivity index (χ4v) is 1.77. The second kappa shape index (κ2) is 8.35. The van der Waals surface area contributed by atoms with Gasteiger partial charge in [-0.3, -0.25) is 14.8 Å². The summed E-state index contributed by atoms with van der Waals surface area (Å²) in [7, 11) is 0. The summed E-state index contributed by atoms with van der Waals surface area (Å²) in [6.45, 7) is 0. The molecule has 0 bridgehead atoms. The molecule has 0 saturated carbocycles. The zero-order chi connectivity index (χ0) is 17.4. The lowest BCUT2D eigenvalue weighted by atomic mass is 10.1. The summed E-state index contributed by atoms with van der Waals surface area (Å²) in [4.78, 5) is 22.9. The van der Waals surface area contributed by atoms with Gasteiger partial charge in [-0.1, -0.05) is 24.3 Å². The molecule has 2 aromatic rings. The average molecular weight is 327 g/mol. The van der Waals surface area contributed by atoms with Crippen LogP contribution in [0.1, 0.15) is 21.5 Å². The SMILES string of the molecule is O=C(/C=C/c1cccc(C(=O)N/N=C/c2ccc(F)cc2)c1)NO. The number of hydroxylamine groups is 1. The predicted molar refractivity (Wildman–Crippen MR) is 86.9 cm³/mol. The van der Waals surface area contributed by atoms with Gasteiger partial charge in [-0.05, 0) is 41.5 Å². The number of halogens is 1. The lowest BCUT2D eigenvalue weighted by molar-refractivity contribution is -0.124. The number of benzene rings is 2. The number of nitrogens with zero attached hydrogens (tertiary/aromatic N) is 1. The molecule has 3 N–H and O–H groups in total. The second-order valence-electron chi connectivity index (χ2n) is 4.69. The number of carbonyl (C=O) groups excluding carboxylic acids is 2. The van der Waals surface area contributed by atoms with Crippen molar-refractivity contribution >= 4 is 24.1 Å². The van der Waals surface area contributed by atoms with Crippen LogP contribution in [0.5, 0.6) is 0 Å². The maximum absolute atomic E-state index is 12.8. The van der Waals surface area contributed by atoms with Crippen molar-refractivity contribution in [3.63, 3.8) is 0 Å². The Bertz CT molecular complexity index is 786. The van der Waals surface area contributed by atoms with E-state index in [1.54, 1.807) is 24.3 Å². The molecule has 0 aliphatic carbocycles. The molecule has 2 rings (SSSR count). The van der Waals surface area contributed by atoms with Crippen LogP contribution in [0, 0.1) is 5.82 Å². The van der Waals surface area contributed by atoms with E-state index in [1.165, 1.54) is 42.0 Å². The van der Waals surface area contributed by atoms with Gasteiger partial charge in [-0.15, -0.1) is 0 Å². The fraction of sp³-hybridized carbons (Fsp3) is 0. The molecular weight excluding hydrogens is 313 g/mol. The Morgan fingerprint density at radius 1 is 1.08 bits per heavy atom. The van der Waals surface area contributed by atoms with Crippen LogP contribution in [0.25, 0.3) is 6.08 Å². The Hall–Kier alpha value is -3.32. The maximum atomic E-state index is 12.8. The highest BCUT2D eigenvalue weighted by Gasteiger charge is 2.04. The van der Waals surface area contributed by atoms with E-state index < -0.39 is 11.8 Å². The molecule has 122 valence electrons. The lowest BCUT2D eigenvalue weighted by Crippen LogP contribution is -2.17. The van der Waals surface area contributed by atoms with Crippen LogP contribution in [0.15, 0.2) is 59.7 Å². The summed E-state index contributed by atoms with van der Waals surface area (Å²) >= 11 is 0. The van der Waals surface area contributed by atoms with Gasteiger partial charge in [-0.2, -0.15) is 5.10 Å². The lowest BCUT2D eigenvalue weighted by Gasteiger charge is -2.01. The maximum Gasteiger partial charge on any atom is 0.271 e. The van der Waals surface area contributed by atoms with Crippen molar-refractivity contribution in [2.45, 2.75) is 0 Å². The van der Waals surface area contributed by atoms with Crippen LogP contribution in [-0.2, 0) is 4.79 Å². The molecule has 0 saturated heterocycles. The van der Waals surface area contributed by atoms with Crippen LogP contribution < -0.4 is 10.9 Å². The smallest absolute Gasteiger partial charge is 0.271 e. The molecule has 7 heteroatoms. The number of carbonyl (C=O) groups is 2. The highest BCUT2D eigenvalue weighted by molar-refractivity contribution is 5.96. The average Bonchev–Trinajstić information content (AvgIpc) is 2.61. The largest absolute Gasteiger partial charge is 0.288 e. The Kier molecular flexibility index (Phi) is 5.93. The van der Waals surface area contributed by atoms with Crippen molar-refractivity contribution in [2.75, 3.05) is 0 Å². The van der Waals surface area contributed by atoms with E-state index in [1.807, 2.05) is 0 Å². The number of rotatable bonds is 5. The van der Waals surface area contributed by atoms with Crippen molar-refractivity contribution in [1.82, 2.24) is 10.9 Å². The number of hydrogen-bond acceptors (Lipinski definition) is 4. The van der Waals surface area contributed by atoms with E-state index >= 15 is 0 Å². The van der Waals surface area contributed by atoms with Crippen LogP contribution in [0.2, 0.25) is 0 Å². The monoisotopic (exact) mass is 327 g/mol. The number of hydrazone groups is 1. The van der Waals surface area contributed by atoms with E-state index in [2.05, 4.69) is 10.5 Å². The number of amides is 2. The summed E-state index contributed by atoms with van der Waals surface area (Å²) in [6, 6.07) is 12.1. The summed E-state index contributed by atoms with van der Waals surface area (Å²) in [5.74, 6) is -1.46. The van der Waals surface area contributed by atoms with Gasteiger partial charge in [0.2, 0.25) is 0 Å². The van der Waals surface area contributed by atoms with E-state index in [0.29, 0.717) is 16.7 Å². The normalized spacial score (nSPS) is 10.9. The fourth-order valence-electron chi connectivity index (χ4n) is 1.77. The Labute approximate surface area is 137 Å². The van der Waals surface area contributed by atoms with Gasteiger partial charge >= 0.3 is 0 Å². The molecule has 24 heavy (non-hydrogen) atoms. The molecule has 0 aromatic heterocycles. The summed E-state index contributed by atoms with van der Waals surface area (Å²) in [5, 5.41) is 12.2. The second-order valence-corrected chi connectivity index (χ2v) is 4.69. The van der Waals surface area contributed by atoms with Gasteiger partial charge in [0, 0.05) is 11.6 Å². The van der Waals surface area contributed by atoms with E-state index in [-0.39, 0.29) is 5.82 Å². The van der Waals surface area contributed by atoms with Crippen LogP contribution >= 0.6 is 0 Å². The van der Waals surface area contributed by atoms with Crippen LogP contribution in [0.4, 0.5) is 4.39 Å². The van der Waals surface area contributed by atoms with Crippen molar-refractivity contribution in [1.29, 1.82) is 0 Å². The summed E-state index contributed by atoms with van der Waals surface area (Å²) < 4.78 is 12.8. The van der Waals surface area contributed by atoms with Gasteiger partial charge in [0.25, 0.3) is 11.8 Å². The molecule has 0 unspecified atom stereocenters. The molecule has 0 aliphatic rings. The molecule has 0 spiro atoms. The molecule has 2 amide bonds. The van der Waals surface area contributed by atoms with Crippen molar-refractivity contribution < 1.29 is 19.2 Å². The summed E-state index contributed by atoms with van der Waals surface area (Å²) in [6.07, 6.45) is 3.97. The first kappa shape index (κ1) is 17.0. The minimum absolute atomic E-state index is 0.345. The Morgan fingerprint density at radius 2 is 1.83 bits per heavy atom. The van der Waals surface area contributed by atoms with Gasteiger partial charge in [-0.25, -0.2) is 15.3 Å². The molecule has 0 fully saturated rings. The third-order valence-corrected chi connectivity index (χ3v) is 2.94. The molecule has 6 nitrogen and oxygen atoms in total. The van der Waals surface area contributed by atoms with Crippen molar-refractivity contribution in [2.24, 2.45) is 5.10 Å². The molecule has 0 radical (unpaired) electrons. The molecule has 0 atom stereocenters. The first-order valence-electron chi connectivity index (χ1n) is 6.89. The Morgan fingerprint density at radius 3 is 2.54 bits per heavy atom. The Balaban J connectivity index is 2.00. The van der Waals surface area contributed by atoms with Crippen molar-refractivity contribution in [3.05, 3.63) is 77.1 Å². The molecule has 0 aliphatic heterocycles. The standard InChI is InChI=1S/C17H14FN3O3/c18-15-7-4-13(5-8-15)11-19-20-17(23)14-3-1-2-12(10-14)6-9-16(22)21-24/h1-11,24H,(H,20,23)(H,21,22)/b9-6+,19-11+. The third kappa shape index (κ3) is 5.15. The predicted octanol–water partition coefficient (Wildman–Crippen LogP) is 2.11. The molecular formula is C17H14FN3O3. The quantitative estimate of drug-likeness (QED) is 0.340. The van der Waals surface area contributed by atoms with Gasteiger partial charge in [0.15, 0.2) is 0 Å². The summed E-state index contributed by atoms with van der Waals surface area (Å²) in [5.41, 5.74) is 5.42. The van der Waals surface area contributed by atoms with Gasteiger partial charge in [0.05, 0.1) is 6.21 Å². The topological polar surface area (TPSA) is 90.8 Å². The van der Waals surface area contributed by atoms with Crippen molar-refractivity contribution in [3.8, 4) is 0 Å².